The van der Waals surface area contributed by atoms with Crippen LogP contribution in [0.1, 0.15) is 56.6 Å². The number of benzene rings is 1. The molecule has 0 unspecified atom stereocenters. The van der Waals surface area contributed by atoms with Crippen molar-refractivity contribution in [2.45, 2.75) is 65.6 Å². The predicted octanol–water partition coefficient (Wildman–Crippen LogP) is 3.79. The lowest BCUT2D eigenvalue weighted by atomic mass is 9.92. The topological polar surface area (TPSA) is 52.1 Å². The summed E-state index contributed by atoms with van der Waals surface area (Å²) in [4.78, 5) is 2.34. The molecule has 0 aliphatic heterocycles. The third kappa shape index (κ3) is 4.68. The van der Waals surface area contributed by atoms with E-state index in [0.717, 1.165) is 30.9 Å². The molecule has 4 heteroatoms. The Hall–Kier alpha value is -1.65. The van der Waals surface area contributed by atoms with Gasteiger partial charge in [-0.25, -0.2) is 0 Å². The molecule has 0 bridgehead atoms. The third-order valence-corrected chi connectivity index (χ3v) is 4.61. The summed E-state index contributed by atoms with van der Waals surface area (Å²) in [6, 6.07) is 10.7. The molecule has 2 N–H and O–H groups in total. The van der Waals surface area contributed by atoms with E-state index in [1.165, 1.54) is 11.1 Å². The molecule has 4 nitrogen and oxygen atoms in total. The maximum absolute atomic E-state index is 9.79. The molecule has 1 aromatic heterocycles. The number of nitrogens with one attached hydrogen (secondary N) is 1. The predicted molar refractivity (Wildman–Crippen MR) is 98.9 cm³/mol. The van der Waals surface area contributed by atoms with Crippen LogP contribution in [0.3, 0.4) is 0 Å². The standard InChI is InChI=1S/C20H31N3O/c1-6-18(14-24)23(12-16-10-8-7-9-15(16)2)13-17-11-19(22-21-17)20(3,4)5/h7-11,18,24H,6,12-14H2,1-5H3,(H,21,22)/t18-/m1/s1. The van der Waals surface area contributed by atoms with Crippen LogP contribution in [-0.2, 0) is 18.5 Å². The highest BCUT2D eigenvalue weighted by Gasteiger charge is 2.21. The molecular weight excluding hydrogens is 298 g/mol. The Morgan fingerprint density at radius 1 is 1.21 bits per heavy atom. The summed E-state index contributed by atoms with van der Waals surface area (Å²) in [6.45, 7) is 12.5. The minimum absolute atomic E-state index is 0.0384. The zero-order chi connectivity index (χ0) is 17.7. The minimum atomic E-state index is 0.0384. The van der Waals surface area contributed by atoms with Gasteiger partial charge in [-0.15, -0.1) is 0 Å². The molecule has 0 radical (unpaired) electrons. The molecule has 0 aliphatic carbocycles. The van der Waals surface area contributed by atoms with Crippen molar-refractivity contribution in [1.82, 2.24) is 15.1 Å². The summed E-state index contributed by atoms with van der Waals surface area (Å²) < 4.78 is 0. The van der Waals surface area contributed by atoms with Crippen LogP contribution >= 0.6 is 0 Å². The smallest absolute Gasteiger partial charge is 0.0678 e. The third-order valence-electron chi connectivity index (χ3n) is 4.61. The summed E-state index contributed by atoms with van der Waals surface area (Å²) in [5, 5.41) is 17.4. The Bertz CT molecular complexity index is 638. The van der Waals surface area contributed by atoms with Crippen molar-refractivity contribution in [2.24, 2.45) is 0 Å². The van der Waals surface area contributed by atoms with E-state index in [-0.39, 0.29) is 18.1 Å². The summed E-state index contributed by atoms with van der Waals surface area (Å²) >= 11 is 0. The van der Waals surface area contributed by atoms with E-state index in [1.807, 2.05) is 0 Å². The van der Waals surface area contributed by atoms with Crippen LogP contribution in [0.2, 0.25) is 0 Å². The number of aromatic nitrogens is 2. The van der Waals surface area contributed by atoms with E-state index in [4.69, 9.17) is 0 Å². The number of aromatic amines is 1. The first-order valence-electron chi connectivity index (χ1n) is 8.79. The SMILES string of the molecule is CC[C@H](CO)N(Cc1cc(C(C)(C)C)n[nH]1)Cc1ccccc1C. The number of hydrogen-bond donors (Lipinski definition) is 2. The molecule has 0 fully saturated rings. The number of H-pyrrole nitrogens is 1. The van der Waals surface area contributed by atoms with Gasteiger partial charge in [0.2, 0.25) is 0 Å². The van der Waals surface area contributed by atoms with Crippen LogP contribution in [0.4, 0.5) is 0 Å². The van der Waals surface area contributed by atoms with Crippen molar-refractivity contribution >= 4 is 0 Å². The van der Waals surface area contributed by atoms with Gasteiger partial charge < -0.3 is 5.11 Å². The second kappa shape index (κ2) is 7.95. The molecule has 2 rings (SSSR count). The summed E-state index contributed by atoms with van der Waals surface area (Å²) in [7, 11) is 0. The molecule has 0 spiro atoms. The van der Waals surface area contributed by atoms with Crippen molar-refractivity contribution in [3.63, 3.8) is 0 Å². The minimum Gasteiger partial charge on any atom is -0.395 e. The van der Waals surface area contributed by atoms with Crippen molar-refractivity contribution in [3.8, 4) is 0 Å². The van der Waals surface area contributed by atoms with Crippen molar-refractivity contribution in [2.75, 3.05) is 6.61 Å². The van der Waals surface area contributed by atoms with Crippen molar-refractivity contribution in [1.29, 1.82) is 0 Å². The fourth-order valence-corrected chi connectivity index (χ4v) is 2.87. The number of nitrogens with zero attached hydrogens (tertiary/aromatic N) is 2. The Morgan fingerprint density at radius 2 is 1.92 bits per heavy atom. The number of rotatable bonds is 7. The van der Waals surface area contributed by atoms with E-state index in [9.17, 15) is 5.11 Å². The van der Waals surface area contributed by atoms with Crippen LogP contribution < -0.4 is 0 Å². The lowest BCUT2D eigenvalue weighted by molar-refractivity contribution is 0.105. The monoisotopic (exact) mass is 329 g/mol. The molecule has 1 heterocycles. The van der Waals surface area contributed by atoms with Gasteiger partial charge in [0, 0.05) is 30.2 Å². The molecule has 1 aromatic carbocycles. The van der Waals surface area contributed by atoms with Crippen molar-refractivity contribution < 1.29 is 5.11 Å². The highest BCUT2D eigenvalue weighted by molar-refractivity contribution is 5.25. The molecule has 0 amide bonds. The first kappa shape index (κ1) is 18.7. The van der Waals surface area contributed by atoms with Gasteiger partial charge in [0.1, 0.15) is 0 Å². The average Bonchev–Trinajstić information content (AvgIpc) is 2.99. The number of aliphatic hydroxyl groups excluding tert-OH is 1. The van der Waals surface area contributed by atoms with Crippen LogP contribution in [0.15, 0.2) is 30.3 Å². The van der Waals surface area contributed by atoms with Gasteiger partial charge in [0.25, 0.3) is 0 Å². The van der Waals surface area contributed by atoms with Crippen LogP contribution in [0.5, 0.6) is 0 Å². The number of aryl methyl sites for hydroxylation is 1. The zero-order valence-electron chi connectivity index (χ0n) is 15.6. The summed E-state index contributed by atoms with van der Waals surface area (Å²) in [6.07, 6.45) is 0.919. The number of aliphatic hydroxyl groups is 1. The highest BCUT2D eigenvalue weighted by atomic mass is 16.3. The molecular formula is C20H31N3O. The molecule has 2 aromatic rings. The van der Waals surface area contributed by atoms with Gasteiger partial charge in [-0.3, -0.25) is 10.00 Å². The van der Waals surface area contributed by atoms with E-state index in [2.05, 4.69) is 80.0 Å². The number of hydrogen-bond acceptors (Lipinski definition) is 3. The second-order valence-corrected chi connectivity index (χ2v) is 7.60. The quantitative estimate of drug-likeness (QED) is 0.812. The van der Waals surface area contributed by atoms with Gasteiger partial charge in [0.15, 0.2) is 0 Å². The van der Waals surface area contributed by atoms with Gasteiger partial charge in [-0.1, -0.05) is 52.0 Å². The van der Waals surface area contributed by atoms with E-state index in [1.54, 1.807) is 0 Å². The van der Waals surface area contributed by atoms with Crippen LogP contribution in [0.25, 0.3) is 0 Å². The highest BCUT2D eigenvalue weighted by Crippen LogP contribution is 2.22. The Labute approximate surface area is 145 Å². The first-order chi connectivity index (χ1) is 11.3. The van der Waals surface area contributed by atoms with Gasteiger partial charge >= 0.3 is 0 Å². The average molecular weight is 329 g/mol. The van der Waals surface area contributed by atoms with Gasteiger partial charge in [-0.05, 0) is 30.5 Å². The first-order valence-corrected chi connectivity index (χ1v) is 8.79. The van der Waals surface area contributed by atoms with E-state index in [0.29, 0.717) is 0 Å². The second-order valence-electron chi connectivity index (χ2n) is 7.60. The van der Waals surface area contributed by atoms with E-state index < -0.39 is 0 Å². The Balaban J connectivity index is 2.20. The summed E-state index contributed by atoms with van der Waals surface area (Å²) in [5.41, 5.74) is 4.80. The lowest BCUT2D eigenvalue weighted by Crippen LogP contribution is -2.36. The van der Waals surface area contributed by atoms with Crippen molar-refractivity contribution in [3.05, 3.63) is 52.8 Å². The summed E-state index contributed by atoms with van der Waals surface area (Å²) in [5.74, 6) is 0. The molecule has 24 heavy (non-hydrogen) atoms. The molecule has 0 saturated heterocycles. The normalized spacial score (nSPS) is 13.5. The van der Waals surface area contributed by atoms with E-state index >= 15 is 0 Å². The zero-order valence-corrected chi connectivity index (χ0v) is 15.6. The fourth-order valence-electron chi connectivity index (χ4n) is 2.87. The maximum atomic E-state index is 9.79. The fraction of sp³-hybridized carbons (Fsp3) is 0.550. The van der Waals surface area contributed by atoms with Crippen LogP contribution in [-0.4, -0.2) is 32.9 Å². The molecule has 132 valence electrons. The molecule has 0 saturated carbocycles. The molecule has 0 aliphatic rings. The van der Waals surface area contributed by atoms with Gasteiger partial charge in [-0.2, -0.15) is 5.10 Å². The largest absolute Gasteiger partial charge is 0.395 e. The maximum Gasteiger partial charge on any atom is 0.0678 e. The van der Waals surface area contributed by atoms with Crippen LogP contribution in [0, 0.1) is 6.92 Å². The Kier molecular flexibility index (Phi) is 6.19. The lowest BCUT2D eigenvalue weighted by Gasteiger charge is -2.30. The van der Waals surface area contributed by atoms with Gasteiger partial charge in [0.05, 0.1) is 12.3 Å². The molecule has 1 atom stereocenters. The Morgan fingerprint density at radius 3 is 2.46 bits per heavy atom.